The molecule has 3 unspecified atom stereocenters. The van der Waals surface area contributed by atoms with E-state index in [9.17, 15) is 5.11 Å². The molecule has 1 N–H and O–H groups in total. The number of rotatable bonds is 3. The Kier molecular flexibility index (Phi) is 3.92. The van der Waals surface area contributed by atoms with Gasteiger partial charge in [-0.1, -0.05) is 12.8 Å². The van der Waals surface area contributed by atoms with Crippen LogP contribution in [-0.2, 0) is 4.74 Å². The van der Waals surface area contributed by atoms with Crippen LogP contribution in [0.5, 0.6) is 0 Å². The Labute approximate surface area is 110 Å². The van der Waals surface area contributed by atoms with Gasteiger partial charge in [0.25, 0.3) is 0 Å². The molecule has 2 heterocycles. The van der Waals surface area contributed by atoms with Crippen molar-refractivity contribution in [1.82, 2.24) is 4.90 Å². The first-order chi connectivity index (χ1) is 8.83. The van der Waals surface area contributed by atoms with Gasteiger partial charge in [-0.3, -0.25) is 4.90 Å². The van der Waals surface area contributed by atoms with Gasteiger partial charge < -0.3 is 9.84 Å². The van der Waals surface area contributed by atoms with Crippen molar-refractivity contribution in [2.75, 3.05) is 32.9 Å². The molecule has 0 aromatic rings. The number of aliphatic hydroxyl groups is 1. The zero-order chi connectivity index (χ0) is 12.4. The largest absolute Gasteiger partial charge is 0.396 e. The molecule has 0 bridgehead atoms. The highest BCUT2D eigenvalue weighted by Crippen LogP contribution is 2.39. The molecule has 0 aromatic carbocycles. The summed E-state index contributed by atoms with van der Waals surface area (Å²) >= 11 is 0. The van der Waals surface area contributed by atoms with E-state index < -0.39 is 0 Å². The van der Waals surface area contributed by atoms with Crippen LogP contribution in [0.3, 0.4) is 0 Å². The Bertz CT molecular complexity index is 276. The van der Waals surface area contributed by atoms with Gasteiger partial charge in [-0.05, 0) is 44.6 Å². The lowest BCUT2D eigenvalue weighted by molar-refractivity contribution is -0.0591. The van der Waals surface area contributed by atoms with Crippen molar-refractivity contribution in [2.24, 2.45) is 11.3 Å². The minimum atomic E-state index is 0.0323. The second kappa shape index (κ2) is 5.48. The highest BCUT2D eigenvalue weighted by Gasteiger charge is 2.41. The van der Waals surface area contributed by atoms with Crippen LogP contribution in [0.15, 0.2) is 0 Å². The van der Waals surface area contributed by atoms with Crippen LogP contribution in [0, 0.1) is 11.3 Å². The zero-order valence-electron chi connectivity index (χ0n) is 11.4. The van der Waals surface area contributed by atoms with Crippen molar-refractivity contribution < 1.29 is 9.84 Å². The average Bonchev–Trinajstić information content (AvgIpc) is 2.83. The molecule has 3 heteroatoms. The van der Waals surface area contributed by atoms with Crippen LogP contribution in [-0.4, -0.2) is 49.0 Å². The summed E-state index contributed by atoms with van der Waals surface area (Å²) in [4.78, 5) is 2.68. The molecule has 1 saturated carbocycles. The molecule has 3 nitrogen and oxygen atoms in total. The number of aliphatic hydroxyl groups excluding tert-OH is 1. The fourth-order valence-electron chi connectivity index (χ4n) is 4.34. The molecule has 3 atom stereocenters. The normalized spacial score (nSPS) is 41.8. The first-order valence-corrected chi connectivity index (χ1v) is 7.76. The minimum Gasteiger partial charge on any atom is -0.396 e. The lowest BCUT2D eigenvalue weighted by Gasteiger charge is -2.41. The van der Waals surface area contributed by atoms with Crippen molar-refractivity contribution in [3.63, 3.8) is 0 Å². The van der Waals surface area contributed by atoms with E-state index in [2.05, 4.69) is 4.90 Å². The predicted octanol–water partition coefficient (Wildman–Crippen LogP) is 2.04. The van der Waals surface area contributed by atoms with Crippen LogP contribution < -0.4 is 0 Å². The smallest absolute Gasteiger partial charge is 0.0556 e. The van der Waals surface area contributed by atoms with Gasteiger partial charge in [-0.25, -0.2) is 0 Å². The first kappa shape index (κ1) is 12.9. The molecule has 0 amide bonds. The predicted molar refractivity (Wildman–Crippen MR) is 71.5 cm³/mol. The van der Waals surface area contributed by atoms with E-state index in [1.54, 1.807) is 0 Å². The van der Waals surface area contributed by atoms with Gasteiger partial charge in [0, 0.05) is 24.6 Å². The quantitative estimate of drug-likeness (QED) is 0.835. The third-order valence-electron chi connectivity index (χ3n) is 5.40. The Hall–Kier alpha value is -0.120. The Morgan fingerprint density at radius 1 is 1.17 bits per heavy atom. The van der Waals surface area contributed by atoms with Crippen molar-refractivity contribution >= 4 is 0 Å². The standard InChI is InChI=1S/C15H27NO2/c17-11-15(7-3-9-18-12-15)10-16-8-6-13-4-1-2-5-14(13)16/h13-14,17H,1-12H2. The van der Waals surface area contributed by atoms with Crippen LogP contribution >= 0.6 is 0 Å². The summed E-state index contributed by atoms with van der Waals surface area (Å²) in [5.74, 6) is 0.944. The first-order valence-electron chi connectivity index (χ1n) is 7.76. The molecule has 3 aliphatic rings. The van der Waals surface area contributed by atoms with Gasteiger partial charge in [0.05, 0.1) is 13.2 Å². The number of hydrogen-bond acceptors (Lipinski definition) is 3. The molecule has 0 spiro atoms. The summed E-state index contributed by atoms with van der Waals surface area (Å²) < 4.78 is 5.64. The highest BCUT2D eigenvalue weighted by atomic mass is 16.5. The molecule has 0 aromatic heterocycles. The molecule has 1 aliphatic carbocycles. The van der Waals surface area contributed by atoms with Crippen molar-refractivity contribution in [3.8, 4) is 0 Å². The zero-order valence-corrected chi connectivity index (χ0v) is 11.4. The molecule has 3 fully saturated rings. The van der Waals surface area contributed by atoms with Gasteiger partial charge in [-0.2, -0.15) is 0 Å². The van der Waals surface area contributed by atoms with Gasteiger partial charge >= 0.3 is 0 Å². The fraction of sp³-hybridized carbons (Fsp3) is 1.00. The summed E-state index contributed by atoms with van der Waals surface area (Å²) in [5.41, 5.74) is 0.0323. The lowest BCUT2D eigenvalue weighted by Crippen LogP contribution is -2.48. The van der Waals surface area contributed by atoms with E-state index in [4.69, 9.17) is 4.74 Å². The maximum atomic E-state index is 9.79. The Balaban J connectivity index is 1.64. The molecular weight excluding hydrogens is 226 g/mol. The highest BCUT2D eigenvalue weighted by molar-refractivity contribution is 4.94. The van der Waals surface area contributed by atoms with Crippen molar-refractivity contribution in [1.29, 1.82) is 0 Å². The maximum Gasteiger partial charge on any atom is 0.0556 e. The van der Waals surface area contributed by atoms with E-state index >= 15 is 0 Å². The van der Waals surface area contributed by atoms with Crippen molar-refractivity contribution in [3.05, 3.63) is 0 Å². The molecule has 3 rings (SSSR count). The minimum absolute atomic E-state index is 0.0323. The van der Waals surface area contributed by atoms with Crippen LogP contribution in [0.25, 0.3) is 0 Å². The SMILES string of the molecule is OCC1(CN2CCC3CCCCC32)CCCOC1. The molecule has 2 saturated heterocycles. The van der Waals surface area contributed by atoms with Crippen LogP contribution in [0.4, 0.5) is 0 Å². The number of ether oxygens (including phenoxy) is 1. The monoisotopic (exact) mass is 253 g/mol. The molecule has 2 aliphatic heterocycles. The number of fused-ring (bicyclic) bond motifs is 1. The van der Waals surface area contributed by atoms with Gasteiger partial charge in [0.2, 0.25) is 0 Å². The molecule has 0 radical (unpaired) electrons. The molecule has 18 heavy (non-hydrogen) atoms. The average molecular weight is 253 g/mol. The van der Waals surface area contributed by atoms with Gasteiger partial charge in [-0.15, -0.1) is 0 Å². The molecular formula is C15H27NO2. The van der Waals surface area contributed by atoms with Crippen molar-refractivity contribution in [2.45, 2.75) is 51.0 Å². The number of nitrogens with zero attached hydrogens (tertiary/aromatic N) is 1. The van der Waals surface area contributed by atoms with E-state index in [1.807, 2.05) is 0 Å². The number of hydrogen-bond donors (Lipinski definition) is 1. The maximum absolute atomic E-state index is 9.79. The summed E-state index contributed by atoms with van der Waals surface area (Å²) in [7, 11) is 0. The summed E-state index contributed by atoms with van der Waals surface area (Å²) in [5, 5.41) is 9.79. The Morgan fingerprint density at radius 3 is 2.83 bits per heavy atom. The van der Waals surface area contributed by atoms with Crippen LogP contribution in [0.2, 0.25) is 0 Å². The topological polar surface area (TPSA) is 32.7 Å². The Morgan fingerprint density at radius 2 is 2.06 bits per heavy atom. The summed E-state index contributed by atoms with van der Waals surface area (Å²) in [6.07, 6.45) is 9.29. The molecule has 104 valence electrons. The van der Waals surface area contributed by atoms with E-state index in [0.717, 1.165) is 44.6 Å². The van der Waals surface area contributed by atoms with E-state index in [1.165, 1.54) is 38.6 Å². The summed E-state index contributed by atoms with van der Waals surface area (Å²) in [6.45, 7) is 4.24. The second-order valence-electron chi connectivity index (χ2n) is 6.69. The van der Waals surface area contributed by atoms with Crippen LogP contribution in [0.1, 0.15) is 44.9 Å². The second-order valence-corrected chi connectivity index (χ2v) is 6.69. The fourth-order valence-corrected chi connectivity index (χ4v) is 4.34. The lowest BCUT2D eigenvalue weighted by atomic mass is 9.81. The van der Waals surface area contributed by atoms with Gasteiger partial charge in [0.1, 0.15) is 0 Å². The van der Waals surface area contributed by atoms with E-state index in [-0.39, 0.29) is 5.41 Å². The number of likely N-dealkylation sites (tertiary alicyclic amines) is 1. The third-order valence-corrected chi connectivity index (χ3v) is 5.40. The third kappa shape index (κ3) is 2.45. The van der Waals surface area contributed by atoms with E-state index in [0.29, 0.717) is 6.61 Å². The summed E-state index contributed by atoms with van der Waals surface area (Å²) in [6, 6.07) is 0.809. The van der Waals surface area contributed by atoms with Gasteiger partial charge in [0.15, 0.2) is 0 Å².